The van der Waals surface area contributed by atoms with Gasteiger partial charge in [0.2, 0.25) is 0 Å². The summed E-state index contributed by atoms with van der Waals surface area (Å²) in [6.45, 7) is 3.00. The molecule has 0 bridgehead atoms. The minimum absolute atomic E-state index is 0.212. The molecule has 1 aromatic carbocycles. The smallest absolute Gasteiger partial charge is 0.129 e. The van der Waals surface area contributed by atoms with E-state index in [-0.39, 0.29) is 11.9 Å². The van der Waals surface area contributed by atoms with Crippen LogP contribution in [-0.4, -0.2) is 19.3 Å². The predicted octanol–water partition coefficient (Wildman–Crippen LogP) is 1.91. The lowest BCUT2D eigenvalue weighted by atomic mass is 10.2. The Balaban J connectivity index is 1.98. The molecule has 70 valence electrons. The van der Waals surface area contributed by atoms with E-state index in [4.69, 9.17) is 9.47 Å². The molecule has 1 saturated heterocycles. The summed E-state index contributed by atoms with van der Waals surface area (Å²) in [5.41, 5.74) is 0.634. The molecule has 2 rings (SSSR count). The van der Waals surface area contributed by atoms with Crippen molar-refractivity contribution in [1.82, 2.24) is 0 Å². The lowest BCUT2D eigenvalue weighted by Gasteiger charge is -2.04. The summed E-state index contributed by atoms with van der Waals surface area (Å²) >= 11 is 0. The Morgan fingerprint density at radius 2 is 2.38 bits per heavy atom. The molecule has 0 aromatic heterocycles. The molecule has 1 aliphatic rings. The molecule has 1 aliphatic heterocycles. The molecule has 13 heavy (non-hydrogen) atoms. The third kappa shape index (κ3) is 2.18. The first-order chi connectivity index (χ1) is 6.25. The standard InChI is InChI=1S/C10H11FO2/c1-7-2-3-8(4-10(7)11)12-5-9-6-13-9/h2-4,9H,5-6H2,1H3. The number of epoxide rings is 1. The SMILES string of the molecule is Cc1ccc(OCC2CO2)cc1F. The van der Waals surface area contributed by atoms with Crippen molar-refractivity contribution in [3.63, 3.8) is 0 Å². The first-order valence-corrected chi connectivity index (χ1v) is 4.26. The van der Waals surface area contributed by atoms with Gasteiger partial charge in [-0.25, -0.2) is 4.39 Å². The van der Waals surface area contributed by atoms with Crippen LogP contribution in [0.25, 0.3) is 0 Å². The number of rotatable bonds is 3. The second-order valence-electron chi connectivity index (χ2n) is 3.18. The van der Waals surface area contributed by atoms with Crippen molar-refractivity contribution in [2.24, 2.45) is 0 Å². The van der Waals surface area contributed by atoms with E-state index in [0.717, 1.165) is 6.61 Å². The van der Waals surface area contributed by atoms with Crippen LogP contribution < -0.4 is 4.74 Å². The van der Waals surface area contributed by atoms with E-state index in [1.54, 1.807) is 19.1 Å². The normalized spacial score (nSPS) is 20.0. The molecule has 0 aliphatic carbocycles. The second-order valence-corrected chi connectivity index (χ2v) is 3.18. The lowest BCUT2D eigenvalue weighted by molar-refractivity contribution is 0.262. The van der Waals surface area contributed by atoms with Crippen molar-refractivity contribution in [3.05, 3.63) is 29.6 Å². The second kappa shape index (κ2) is 3.34. The largest absolute Gasteiger partial charge is 0.491 e. The molecule has 3 heteroatoms. The highest BCUT2D eigenvalue weighted by atomic mass is 19.1. The zero-order valence-electron chi connectivity index (χ0n) is 7.42. The Labute approximate surface area is 76.3 Å². The monoisotopic (exact) mass is 182 g/mol. The average Bonchev–Trinajstić information content (AvgIpc) is 2.91. The van der Waals surface area contributed by atoms with Crippen LogP contribution in [0.4, 0.5) is 4.39 Å². The molecular weight excluding hydrogens is 171 g/mol. The van der Waals surface area contributed by atoms with Gasteiger partial charge in [-0.2, -0.15) is 0 Å². The fourth-order valence-electron chi connectivity index (χ4n) is 1.02. The Morgan fingerprint density at radius 1 is 1.62 bits per heavy atom. The van der Waals surface area contributed by atoms with Gasteiger partial charge in [0.25, 0.3) is 0 Å². The quantitative estimate of drug-likeness (QED) is 0.666. The van der Waals surface area contributed by atoms with E-state index < -0.39 is 0 Å². The van der Waals surface area contributed by atoms with Crippen LogP contribution >= 0.6 is 0 Å². The van der Waals surface area contributed by atoms with Gasteiger partial charge in [0, 0.05) is 6.07 Å². The van der Waals surface area contributed by atoms with Crippen LogP contribution in [0.5, 0.6) is 5.75 Å². The summed E-state index contributed by atoms with van der Waals surface area (Å²) < 4.78 is 23.3. The number of halogens is 1. The molecule has 0 radical (unpaired) electrons. The molecule has 0 N–H and O–H groups in total. The molecular formula is C10H11FO2. The predicted molar refractivity (Wildman–Crippen MR) is 46.4 cm³/mol. The summed E-state index contributed by atoms with van der Waals surface area (Å²) in [7, 11) is 0. The molecule has 0 saturated carbocycles. The van der Waals surface area contributed by atoms with Crippen LogP contribution in [-0.2, 0) is 4.74 Å². The third-order valence-corrected chi connectivity index (χ3v) is 1.98. The Hall–Kier alpha value is -1.09. The van der Waals surface area contributed by atoms with Crippen LogP contribution in [0.1, 0.15) is 5.56 Å². The number of benzene rings is 1. The lowest BCUT2D eigenvalue weighted by Crippen LogP contribution is -2.04. The topological polar surface area (TPSA) is 21.8 Å². The average molecular weight is 182 g/mol. The van der Waals surface area contributed by atoms with Gasteiger partial charge >= 0.3 is 0 Å². The Kier molecular flexibility index (Phi) is 2.19. The highest BCUT2D eigenvalue weighted by molar-refractivity contribution is 5.28. The van der Waals surface area contributed by atoms with Crippen LogP contribution in [0.15, 0.2) is 18.2 Å². The minimum Gasteiger partial charge on any atom is -0.491 e. The summed E-state index contributed by atoms with van der Waals surface area (Å²) in [6.07, 6.45) is 0.212. The highest BCUT2D eigenvalue weighted by Gasteiger charge is 2.23. The van der Waals surface area contributed by atoms with E-state index in [9.17, 15) is 4.39 Å². The molecule has 1 heterocycles. The number of ether oxygens (including phenoxy) is 2. The molecule has 0 spiro atoms. The van der Waals surface area contributed by atoms with Gasteiger partial charge in [-0.3, -0.25) is 0 Å². The fourth-order valence-corrected chi connectivity index (χ4v) is 1.02. The van der Waals surface area contributed by atoms with Gasteiger partial charge in [-0.15, -0.1) is 0 Å². The zero-order chi connectivity index (χ0) is 9.26. The summed E-state index contributed by atoms with van der Waals surface area (Å²) in [6, 6.07) is 4.87. The van der Waals surface area contributed by atoms with Crippen molar-refractivity contribution < 1.29 is 13.9 Å². The maximum absolute atomic E-state index is 13.0. The molecule has 0 amide bonds. The summed E-state index contributed by atoms with van der Waals surface area (Å²) in [5, 5.41) is 0. The summed E-state index contributed by atoms with van der Waals surface area (Å²) in [4.78, 5) is 0. The molecule has 1 aromatic rings. The maximum atomic E-state index is 13.0. The van der Waals surface area contributed by atoms with Crippen molar-refractivity contribution in [2.75, 3.05) is 13.2 Å². The van der Waals surface area contributed by atoms with Gasteiger partial charge in [-0.05, 0) is 18.6 Å². The van der Waals surface area contributed by atoms with Crippen LogP contribution in [0.2, 0.25) is 0 Å². The third-order valence-electron chi connectivity index (χ3n) is 1.98. The highest BCUT2D eigenvalue weighted by Crippen LogP contribution is 2.17. The Morgan fingerprint density at radius 3 is 3.00 bits per heavy atom. The van der Waals surface area contributed by atoms with Gasteiger partial charge in [0.05, 0.1) is 6.61 Å². The van der Waals surface area contributed by atoms with E-state index in [2.05, 4.69) is 0 Å². The number of hydrogen-bond donors (Lipinski definition) is 0. The maximum Gasteiger partial charge on any atom is 0.129 e. The van der Waals surface area contributed by atoms with Crippen LogP contribution in [0.3, 0.4) is 0 Å². The van der Waals surface area contributed by atoms with E-state index >= 15 is 0 Å². The van der Waals surface area contributed by atoms with E-state index in [0.29, 0.717) is 17.9 Å². The van der Waals surface area contributed by atoms with Gasteiger partial charge < -0.3 is 9.47 Å². The van der Waals surface area contributed by atoms with E-state index in [1.807, 2.05) is 0 Å². The number of hydrogen-bond acceptors (Lipinski definition) is 2. The Bertz CT molecular complexity index is 308. The van der Waals surface area contributed by atoms with Crippen LogP contribution in [0, 0.1) is 12.7 Å². The van der Waals surface area contributed by atoms with Gasteiger partial charge in [-0.1, -0.05) is 6.07 Å². The molecule has 1 atom stereocenters. The van der Waals surface area contributed by atoms with Crippen molar-refractivity contribution in [2.45, 2.75) is 13.0 Å². The van der Waals surface area contributed by atoms with Crippen molar-refractivity contribution in [1.29, 1.82) is 0 Å². The first kappa shape index (κ1) is 8.51. The summed E-state index contributed by atoms with van der Waals surface area (Å²) in [5.74, 6) is 0.341. The van der Waals surface area contributed by atoms with Gasteiger partial charge in [0.15, 0.2) is 0 Å². The van der Waals surface area contributed by atoms with Crippen molar-refractivity contribution >= 4 is 0 Å². The molecule has 2 nitrogen and oxygen atoms in total. The number of aryl methyl sites for hydroxylation is 1. The molecule has 1 unspecified atom stereocenters. The minimum atomic E-state index is -0.228. The van der Waals surface area contributed by atoms with Gasteiger partial charge in [0.1, 0.15) is 24.3 Å². The first-order valence-electron chi connectivity index (χ1n) is 4.26. The molecule has 1 fully saturated rings. The van der Waals surface area contributed by atoms with E-state index in [1.165, 1.54) is 6.07 Å². The zero-order valence-corrected chi connectivity index (χ0v) is 7.42. The van der Waals surface area contributed by atoms with Crippen molar-refractivity contribution in [3.8, 4) is 5.75 Å². The fraction of sp³-hybridized carbons (Fsp3) is 0.400.